The Bertz CT molecular complexity index is 1190. The number of nitrogens with zero attached hydrogens (tertiary/aromatic N) is 2. The van der Waals surface area contributed by atoms with Gasteiger partial charge in [0.1, 0.15) is 18.1 Å². The topological polar surface area (TPSA) is 168 Å². The number of hydrogen-bond donors (Lipinski definition) is 4. The van der Waals surface area contributed by atoms with Gasteiger partial charge in [-0.15, -0.1) is 0 Å². The highest BCUT2D eigenvalue weighted by Crippen LogP contribution is 2.38. The van der Waals surface area contributed by atoms with Crippen LogP contribution in [0.25, 0.3) is 0 Å². The first-order valence-electron chi connectivity index (χ1n) is 18.4. The van der Waals surface area contributed by atoms with E-state index >= 15 is 0 Å². The molecule has 0 aromatic carbocycles. The summed E-state index contributed by atoms with van der Waals surface area (Å²) in [6.07, 6.45) is -2.74. The van der Waals surface area contributed by atoms with Crippen molar-refractivity contribution in [3.63, 3.8) is 0 Å². The number of fused-ring (bicyclic) bond motifs is 1. The number of Topliss-reactive ketones (excluding diaryl/α,β-unsaturated/α-hetero) is 1. The first kappa shape index (κ1) is 40.9. The summed E-state index contributed by atoms with van der Waals surface area (Å²) in [6, 6.07) is -0.716. The lowest BCUT2D eigenvalue weighted by Gasteiger charge is -2.48. The molecule has 1 amide bonds. The number of nitrogens with one attached hydrogen (secondary N) is 2. The molecule has 14 atom stereocenters. The van der Waals surface area contributed by atoms with Crippen molar-refractivity contribution in [1.29, 1.82) is 0 Å². The van der Waals surface area contributed by atoms with Crippen molar-refractivity contribution in [3.8, 4) is 0 Å². The molecule has 14 heteroatoms. The Morgan fingerprint density at radius 1 is 1.08 bits per heavy atom. The second kappa shape index (κ2) is 16.4. The third kappa shape index (κ3) is 8.82. The number of carbonyl (C=O) groups is 3. The zero-order valence-electron chi connectivity index (χ0n) is 32.0. The molecule has 0 aromatic rings. The number of ether oxygens (including phenoxy) is 5. The third-order valence-corrected chi connectivity index (χ3v) is 11.7. The molecule has 0 radical (unpaired) electrons. The van der Waals surface area contributed by atoms with E-state index in [1.807, 2.05) is 46.8 Å². The summed E-state index contributed by atoms with van der Waals surface area (Å²) < 4.78 is 31.0. The Kier molecular flexibility index (Phi) is 13.4. The van der Waals surface area contributed by atoms with Crippen LogP contribution in [-0.4, -0.2) is 151 Å². The predicted molar refractivity (Wildman–Crippen MR) is 185 cm³/mol. The van der Waals surface area contributed by atoms with Crippen LogP contribution >= 0.6 is 0 Å². The molecule has 4 aliphatic rings. The van der Waals surface area contributed by atoms with E-state index in [4.69, 9.17) is 23.7 Å². The van der Waals surface area contributed by atoms with Gasteiger partial charge in [0.25, 0.3) is 0 Å². The third-order valence-electron chi connectivity index (χ3n) is 11.7. The number of esters is 1. The molecule has 0 aromatic heterocycles. The molecule has 14 nitrogen and oxygen atoms in total. The fraction of sp³-hybridized carbons (Fsp3) is 0.917. The number of ketones is 1. The van der Waals surface area contributed by atoms with Gasteiger partial charge in [0, 0.05) is 37.7 Å². The normalized spacial score (nSPS) is 43.0. The summed E-state index contributed by atoms with van der Waals surface area (Å²) in [7, 11) is 7.28. The standard InChI is InChI=1S/C36H64N4O10/c1-12-27-36(7)30(38-34(45)50-36)22(5)37-17-19(2)16-35(6,46-11)31(20(3)28(42)21(4)32(44)48-27)49-33-29(43)24(39(8)9)15-26(47-33)25(41)18-40(10)23-13-14-23/h19-27,29-31,33,37,41,43H,12-18H2,1-11H3,(H,38,45)/t19-,20+,21?,22-,24?,25?,26+,27-,29?,30-,31-,33+,35-,36-/m1/s1. The van der Waals surface area contributed by atoms with Gasteiger partial charge in [-0.3, -0.25) is 9.59 Å². The minimum absolute atomic E-state index is 0.0123. The number of amides is 1. The Hall–Kier alpha value is -1.91. The molecule has 3 heterocycles. The second-order valence-electron chi connectivity index (χ2n) is 16.1. The van der Waals surface area contributed by atoms with Crippen LogP contribution in [0.4, 0.5) is 4.79 Å². The highest BCUT2D eigenvalue weighted by atomic mass is 16.7. The van der Waals surface area contributed by atoms with Crippen LogP contribution in [0.15, 0.2) is 0 Å². The smallest absolute Gasteiger partial charge is 0.408 e. The lowest BCUT2D eigenvalue weighted by molar-refractivity contribution is -0.307. The average Bonchev–Trinajstić information content (AvgIpc) is 3.87. The van der Waals surface area contributed by atoms with Gasteiger partial charge in [-0.2, -0.15) is 0 Å². The van der Waals surface area contributed by atoms with Gasteiger partial charge < -0.3 is 54.3 Å². The van der Waals surface area contributed by atoms with E-state index in [9.17, 15) is 24.6 Å². The summed E-state index contributed by atoms with van der Waals surface area (Å²) in [5, 5.41) is 29.4. The number of aliphatic hydroxyl groups excluding tert-OH is 2. The highest BCUT2D eigenvalue weighted by molar-refractivity contribution is 6.00. The van der Waals surface area contributed by atoms with Gasteiger partial charge >= 0.3 is 12.1 Å². The van der Waals surface area contributed by atoms with Crippen molar-refractivity contribution < 1.29 is 48.3 Å². The molecule has 50 heavy (non-hydrogen) atoms. The average molecular weight is 713 g/mol. The second-order valence-corrected chi connectivity index (χ2v) is 16.1. The lowest BCUT2D eigenvalue weighted by Crippen LogP contribution is -2.61. The molecule has 0 spiro atoms. The minimum Gasteiger partial charge on any atom is -0.458 e. The first-order chi connectivity index (χ1) is 23.4. The van der Waals surface area contributed by atoms with Crippen molar-refractivity contribution in [1.82, 2.24) is 20.4 Å². The van der Waals surface area contributed by atoms with Crippen LogP contribution in [0.2, 0.25) is 0 Å². The molecule has 1 saturated carbocycles. The SMILES string of the molecule is CC[C@H]1OC(=O)C(C)C(=O)[C@H](C)[C@@H](O[C@@H]2O[C@H](C(O)CN(C)C3CC3)CC(N(C)C)C2O)[C@](C)(OC)C[C@@H](C)CN[C@H](C)[C@H]2NC(=O)O[C@@]21C. The van der Waals surface area contributed by atoms with Gasteiger partial charge in [0.2, 0.25) is 0 Å². The van der Waals surface area contributed by atoms with E-state index in [2.05, 4.69) is 22.5 Å². The van der Waals surface area contributed by atoms with Crippen LogP contribution in [0.1, 0.15) is 80.6 Å². The van der Waals surface area contributed by atoms with Gasteiger partial charge in [-0.1, -0.05) is 20.8 Å². The maximum Gasteiger partial charge on any atom is 0.408 e. The van der Waals surface area contributed by atoms with Crippen molar-refractivity contribution in [2.75, 3.05) is 41.3 Å². The van der Waals surface area contributed by atoms with Crippen LogP contribution in [-0.2, 0) is 33.3 Å². The van der Waals surface area contributed by atoms with E-state index in [0.717, 1.165) is 12.8 Å². The summed E-state index contributed by atoms with van der Waals surface area (Å²) in [4.78, 5) is 44.5. The molecule has 3 saturated heterocycles. The monoisotopic (exact) mass is 712 g/mol. The fourth-order valence-electron chi connectivity index (χ4n) is 8.30. The Balaban J connectivity index is 1.67. The minimum atomic E-state index is -1.20. The highest BCUT2D eigenvalue weighted by Gasteiger charge is 2.55. The van der Waals surface area contributed by atoms with Crippen LogP contribution in [0, 0.1) is 17.8 Å². The van der Waals surface area contributed by atoms with E-state index in [1.54, 1.807) is 21.0 Å². The molecule has 1 aliphatic carbocycles. The van der Waals surface area contributed by atoms with E-state index in [0.29, 0.717) is 38.4 Å². The number of alkyl carbamates (subject to hydrolysis) is 1. The zero-order valence-corrected chi connectivity index (χ0v) is 32.0. The largest absolute Gasteiger partial charge is 0.458 e. The van der Waals surface area contributed by atoms with Crippen LogP contribution in [0.3, 0.4) is 0 Å². The molecule has 4 unspecified atom stereocenters. The number of aliphatic hydroxyl groups is 2. The van der Waals surface area contributed by atoms with Gasteiger partial charge in [-0.25, -0.2) is 4.79 Å². The van der Waals surface area contributed by atoms with Crippen LogP contribution in [0.5, 0.6) is 0 Å². The Morgan fingerprint density at radius 3 is 2.32 bits per heavy atom. The molecule has 288 valence electrons. The summed E-state index contributed by atoms with van der Waals surface area (Å²) in [6.45, 7) is 13.6. The van der Waals surface area contributed by atoms with Crippen molar-refractivity contribution in [3.05, 3.63) is 0 Å². The van der Waals surface area contributed by atoms with E-state index < -0.39 is 89.8 Å². The quantitative estimate of drug-likeness (QED) is 0.202. The first-order valence-corrected chi connectivity index (χ1v) is 18.4. The molecule has 3 aliphatic heterocycles. The molecule has 4 rings (SSSR count). The fourth-order valence-corrected chi connectivity index (χ4v) is 8.30. The Labute approximate surface area is 298 Å². The van der Waals surface area contributed by atoms with Gasteiger partial charge in [0.15, 0.2) is 17.7 Å². The molecule has 4 fully saturated rings. The maximum atomic E-state index is 14.3. The van der Waals surface area contributed by atoms with Crippen molar-refractivity contribution >= 4 is 17.8 Å². The predicted octanol–water partition coefficient (Wildman–Crippen LogP) is 1.69. The maximum absolute atomic E-state index is 14.3. The number of carbonyl (C=O) groups excluding carboxylic acids is 3. The van der Waals surface area contributed by atoms with Crippen LogP contribution < -0.4 is 10.6 Å². The molecular weight excluding hydrogens is 648 g/mol. The number of cyclic esters (lactones) is 1. The lowest BCUT2D eigenvalue weighted by atomic mass is 9.78. The number of rotatable bonds is 9. The van der Waals surface area contributed by atoms with E-state index in [-0.39, 0.29) is 12.0 Å². The Morgan fingerprint density at radius 2 is 1.74 bits per heavy atom. The zero-order chi connectivity index (χ0) is 37.3. The number of methoxy groups -OCH3 is 1. The summed E-state index contributed by atoms with van der Waals surface area (Å²) in [5.41, 5.74) is -2.26. The van der Waals surface area contributed by atoms with Crippen molar-refractivity contribution in [2.24, 2.45) is 17.8 Å². The summed E-state index contributed by atoms with van der Waals surface area (Å²) in [5.74, 6) is -3.26. The van der Waals surface area contributed by atoms with Gasteiger partial charge in [-0.05, 0) is 93.4 Å². The molecule has 4 N–H and O–H groups in total. The molecule has 0 bridgehead atoms. The number of likely N-dealkylation sites (N-methyl/N-ethyl adjacent to an activating group) is 2. The van der Waals surface area contributed by atoms with E-state index in [1.165, 1.54) is 6.92 Å². The van der Waals surface area contributed by atoms with Gasteiger partial charge in [0.05, 0.1) is 30.0 Å². The molecular formula is C36H64N4O10. The van der Waals surface area contributed by atoms with Crippen molar-refractivity contribution in [2.45, 2.75) is 153 Å². The number of hydrogen-bond acceptors (Lipinski definition) is 13. The summed E-state index contributed by atoms with van der Waals surface area (Å²) >= 11 is 0.